The summed E-state index contributed by atoms with van der Waals surface area (Å²) in [5, 5.41) is 3.30. The van der Waals surface area contributed by atoms with Crippen molar-refractivity contribution in [3.05, 3.63) is 16.1 Å². The van der Waals surface area contributed by atoms with Gasteiger partial charge < -0.3 is 4.74 Å². The van der Waals surface area contributed by atoms with E-state index in [-0.39, 0.29) is 0 Å². The Hall–Kier alpha value is -0.450. The van der Waals surface area contributed by atoms with Crippen LogP contribution in [0.5, 0.6) is 0 Å². The van der Waals surface area contributed by atoms with E-state index in [2.05, 4.69) is 15.3 Å². The van der Waals surface area contributed by atoms with Gasteiger partial charge >= 0.3 is 0 Å². The van der Waals surface area contributed by atoms with Gasteiger partial charge in [0.1, 0.15) is 0 Å². The summed E-state index contributed by atoms with van der Waals surface area (Å²) in [4.78, 5) is 6.83. The van der Waals surface area contributed by atoms with Gasteiger partial charge in [-0.15, -0.1) is 11.3 Å². The van der Waals surface area contributed by atoms with Gasteiger partial charge in [0.05, 0.1) is 23.9 Å². The summed E-state index contributed by atoms with van der Waals surface area (Å²) in [6.07, 6.45) is 0. The molecule has 0 spiro atoms. The fourth-order valence-electron chi connectivity index (χ4n) is 1.47. The van der Waals surface area contributed by atoms with E-state index in [1.165, 1.54) is 5.69 Å². The molecule has 1 fully saturated rings. The quantitative estimate of drug-likeness (QED) is 0.813. The average molecular weight is 258 g/mol. The summed E-state index contributed by atoms with van der Waals surface area (Å²) >= 11 is 1.72. The minimum absolute atomic E-state index is 0.864. The standard InChI is InChI=1S/C9H14N2OS.2C2H6/c1-8-10-9(7-13-8)6-11-2-4-12-5-3-11;2*1-2/h7H,2-6H2,1H3;2*1-2H3. The molecular weight excluding hydrogens is 232 g/mol. The molecule has 0 atom stereocenters. The molecule has 3 nitrogen and oxygen atoms in total. The van der Waals surface area contributed by atoms with E-state index in [4.69, 9.17) is 4.74 Å². The van der Waals surface area contributed by atoms with Gasteiger partial charge in [-0.2, -0.15) is 0 Å². The first-order valence-electron chi connectivity index (χ1n) is 6.56. The molecule has 2 heterocycles. The average Bonchev–Trinajstić information content (AvgIpc) is 2.81. The largest absolute Gasteiger partial charge is 0.379 e. The Balaban J connectivity index is 0.000000581. The highest BCUT2D eigenvalue weighted by Gasteiger charge is 2.11. The minimum Gasteiger partial charge on any atom is -0.379 e. The van der Waals surface area contributed by atoms with Crippen LogP contribution >= 0.6 is 11.3 Å². The van der Waals surface area contributed by atoms with Gasteiger partial charge in [-0.1, -0.05) is 27.7 Å². The Morgan fingerprint density at radius 1 is 1.24 bits per heavy atom. The van der Waals surface area contributed by atoms with Gasteiger partial charge in [-0.25, -0.2) is 4.98 Å². The monoisotopic (exact) mass is 258 g/mol. The molecule has 1 aliphatic heterocycles. The number of rotatable bonds is 2. The van der Waals surface area contributed by atoms with Crippen molar-refractivity contribution < 1.29 is 4.74 Å². The third-order valence-corrected chi connectivity index (χ3v) is 2.98. The molecule has 17 heavy (non-hydrogen) atoms. The van der Waals surface area contributed by atoms with Crippen molar-refractivity contribution in [2.45, 2.75) is 41.2 Å². The number of hydrogen-bond donors (Lipinski definition) is 0. The summed E-state index contributed by atoms with van der Waals surface area (Å²) in [6, 6.07) is 0. The normalized spacial score (nSPS) is 15.4. The Bertz CT molecular complexity index is 270. The first-order valence-corrected chi connectivity index (χ1v) is 7.43. The lowest BCUT2D eigenvalue weighted by molar-refractivity contribution is 0.0337. The van der Waals surface area contributed by atoms with E-state index in [0.29, 0.717) is 0 Å². The number of hydrogen-bond acceptors (Lipinski definition) is 4. The Morgan fingerprint density at radius 2 is 1.82 bits per heavy atom. The van der Waals surface area contributed by atoms with Crippen molar-refractivity contribution in [2.24, 2.45) is 0 Å². The highest BCUT2D eigenvalue weighted by molar-refractivity contribution is 7.09. The summed E-state index contributed by atoms with van der Waals surface area (Å²) in [5.74, 6) is 0. The molecule has 0 aromatic carbocycles. The van der Waals surface area contributed by atoms with E-state index in [0.717, 1.165) is 37.9 Å². The smallest absolute Gasteiger partial charge is 0.0897 e. The molecule has 1 saturated heterocycles. The molecule has 0 saturated carbocycles. The van der Waals surface area contributed by atoms with Crippen LogP contribution in [0.4, 0.5) is 0 Å². The molecule has 0 N–H and O–H groups in total. The van der Waals surface area contributed by atoms with Crippen LogP contribution < -0.4 is 0 Å². The molecule has 100 valence electrons. The highest BCUT2D eigenvalue weighted by atomic mass is 32.1. The second-order valence-corrected chi connectivity index (χ2v) is 4.31. The van der Waals surface area contributed by atoms with Crippen LogP contribution in [0.15, 0.2) is 5.38 Å². The predicted molar refractivity (Wildman–Crippen MR) is 75.6 cm³/mol. The van der Waals surface area contributed by atoms with E-state index in [1.54, 1.807) is 11.3 Å². The summed E-state index contributed by atoms with van der Waals surface area (Å²) in [7, 11) is 0. The third-order valence-electron chi connectivity index (χ3n) is 2.16. The Morgan fingerprint density at radius 3 is 2.29 bits per heavy atom. The predicted octanol–water partition coefficient (Wildman–Crippen LogP) is 3.34. The third kappa shape index (κ3) is 6.76. The van der Waals surface area contributed by atoms with E-state index in [1.807, 2.05) is 34.6 Å². The summed E-state index contributed by atoms with van der Waals surface area (Å²) < 4.78 is 5.28. The second kappa shape index (κ2) is 10.7. The Labute approximate surface area is 110 Å². The zero-order valence-electron chi connectivity index (χ0n) is 11.8. The molecule has 1 aromatic heterocycles. The van der Waals surface area contributed by atoms with Gasteiger partial charge in [0.2, 0.25) is 0 Å². The zero-order chi connectivity index (χ0) is 13.1. The number of aromatic nitrogens is 1. The number of aryl methyl sites for hydroxylation is 1. The van der Waals surface area contributed by atoms with Gasteiger partial charge in [-0.3, -0.25) is 4.90 Å². The lowest BCUT2D eigenvalue weighted by Crippen LogP contribution is -2.35. The molecule has 4 heteroatoms. The van der Waals surface area contributed by atoms with Gasteiger partial charge in [0.25, 0.3) is 0 Å². The lowest BCUT2D eigenvalue weighted by Gasteiger charge is -2.25. The lowest BCUT2D eigenvalue weighted by atomic mass is 10.3. The van der Waals surface area contributed by atoms with Crippen LogP contribution in [0, 0.1) is 6.92 Å². The number of thiazole rings is 1. The second-order valence-electron chi connectivity index (χ2n) is 3.25. The molecular formula is C13H26N2OS. The van der Waals surface area contributed by atoms with Crippen LogP contribution in [0.1, 0.15) is 38.4 Å². The van der Waals surface area contributed by atoms with E-state index >= 15 is 0 Å². The number of nitrogens with zero attached hydrogens (tertiary/aromatic N) is 2. The zero-order valence-corrected chi connectivity index (χ0v) is 12.6. The Kier molecular flexibility index (Phi) is 10.4. The maximum absolute atomic E-state index is 5.28. The van der Waals surface area contributed by atoms with Crippen molar-refractivity contribution in [1.82, 2.24) is 9.88 Å². The molecule has 1 aromatic rings. The van der Waals surface area contributed by atoms with E-state index < -0.39 is 0 Å². The molecule has 0 aliphatic carbocycles. The summed E-state index contributed by atoms with van der Waals surface area (Å²) in [5.41, 5.74) is 1.20. The van der Waals surface area contributed by atoms with Crippen LogP contribution in [0.2, 0.25) is 0 Å². The number of morpholine rings is 1. The fraction of sp³-hybridized carbons (Fsp3) is 0.769. The topological polar surface area (TPSA) is 25.4 Å². The van der Waals surface area contributed by atoms with E-state index in [9.17, 15) is 0 Å². The molecule has 0 bridgehead atoms. The van der Waals surface area contributed by atoms with Crippen LogP contribution in [0.25, 0.3) is 0 Å². The fourth-order valence-corrected chi connectivity index (χ4v) is 2.07. The maximum atomic E-state index is 5.28. The SMILES string of the molecule is CC.CC.Cc1nc(CN2CCOCC2)cs1. The molecule has 0 radical (unpaired) electrons. The van der Waals surface area contributed by atoms with Crippen molar-refractivity contribution >= 4 is 11.3 Å². The molecule has 2 rings (SSSR count). The highest BCUT2D eigenvalue weighted by Crippen LogP contribution is 2.11. The molecule has 0 unspecified atom stereocenters. The molecule has 0 amide bonds. The minimum atomic E-state index is 0.864. The van der Waals surface area contributed by atoms with Gasteiger partial charge in [0.15, 0.2) is 0 Å². The van der Waals surface area contributed by atoms with Gasteiger partial charge in [0, 0.05) is 25.0 Å². The van der Waals surface area contributed by atoms with Gasteiger partial charge in [-0.05, 0) is 6.92 Å². The molecule has 1 aliphatic rings. The van der Waals surface area contributed by atoms with Crippen molar-refractivity contribution in [1.29, 1.82) is 0 Å². The first-order chi connectivity index (χ1) is 8.34. The van der Waals surface area contributed by atoms with Crippen LogP contribution in [-0.2, 0) is 11.3 Å². The number of ether oxygens (including phenoxy) is 1. The van der Waals surface area contributed by atoms with Crippen molar-refractivity contribution in [2.75, 3.05) is 26.3 Å². The summed E-state index contributed by atoms with van der Waals surface area (Å²) in [6.45, 7) is 14.8. The van der Waals surface area contributed by atoms with Crippen LogP contribution in [0.3, 0.4) is 0 Å². The van der Waals surface area contributed by atoms with Crippen molar-refractivity contribution in [3.63, 3.8) is 0 Å². The first kappa shape index (κ1) is 16.6. The van der Waals surface area contributed by atoms with Crippen molar-refractivity contribution in [3.8, 4) is 0 Å². The maximum Gasteiger partial charge on any atom is 0.0897 e. The van der Waals surface area contributed by atoms with Crippen LogP contribution in [-0.4, -0.2) is 36.2 Å².